The molecule has 2 heterocycles. The Bertz CT molecular complexity index is 681. The number of nitrogens with one attached hydrogen (secondary N) is 1. The summed E-state index contributed by atoms with van der Waals surface area (Å²) in [5, 5.41) is 8.28. The van der Waals surface area contributed by atoms with Crippen LogP contribution in [0.25, 0.3) is 0 Å². The van der Waals surface area contributed by atoms with Crippen LogP contribution in [-0.2, 0) is 20.0 Å². The molecule has 0 unspecified atom stereocenters. The maximum atomic E-state index is 6.09. The second kappa shape index (κ2) is 6.12. The van der Waals surface area contributed by atoms with E-state index in [-0.39, 0.29) is 0 Å². The van der Waals surface area contributed by atoms with Gasteiger partial charge in [0.1, 0.15) is 16.8 Å². The molecule has 118 valence electrons. The Morgan fingerprint density at radius 3 is 2.82 bits per heavy atom. The molecule has 0 atom stereocenters. The van der Waals surface area contributed by atoms with Crippen molar-refractivity contribution >= 4 is 17.4 Å². The Morgan fingerprint density at radius 1 is 1.41 bits per heavy atom. The van der Waals surface area contributed by atoms with E-state index in [9.17, 15) is 0 Å². The molecule has 1 N–H and O–H groups in total. The van der Waals surface area contributed by atoms with Crippen LogP contribution in [0.1, 0.15) is 42.8 Å². The molecule has 2 aromatic rings. The third kappa shape index (κ3) is 3.02. The van der Waals surface area contributed by atoms with Crippen molar-refractivity contribution < 1.29 is 4.74 Å². The highest BCUT2D eigenvalue weighted by Crippen LogP contribution is 2.38. The summed E-state index contributed by atoms with van der Waals surface area (Å²) in [6.45, 7) is 2.68. The molecule has 22 heavy (non-hydrogen) atoms. The summed E-state index contributed by atoms with van der Waals surface area (Å²) in [4.78, 5) is 8.85. The first-order chi connectivity index (χ1) is 10.6. The van der Waals surface area contributed by atoms with E-state index in [1.54, 1.807) is 17.9 Å². The third-order valence-electron chi connectivity index (χ3n) is 3.80. The zero-order chi connectivity index (χ0) is 15.7. The van der Waals surface area contributed by atoms with Crippen molar-refractivity contribution in [3.8, 4) is 5.88 Å². The lowest BCUT2D eigenvalue weighted by Crippen LogP contribution is -2.06. The van der Waals surface area contributed by atoms with E-state index in [0.717, 1.165) is 48.0 Å². The lowest BCUT2D eigenvalue weighted by atomic mass is 10.2. The highest BCUT2D eigenvalue weighted by molar-refractivity contribution is 6.29. The molecule has 2 aromatic heterocycles. The van der Waals surface area contributed by atoms with Gasteiger partial charge in [-0.25, -0.2) is 14.6 Å². The number of methoxy groups -OCH3 is 1. The first-order valence-corrected chi connectivity index (χ1v) is 7.87. The topological polar surface area (TPSA) is 64.9 Å². The highest BCUT2D eigenvalue weighted by atomic mass is 35.5. The van der Waals surface area contributed by atoms with Gasteiger partial charge in [0.15, 0.2) is 0 Å². The van der Waals surface area contributed by atoms with E-state index in [0.29, 0.717) is 17.6 Å². The number of nitrogens with zero attached hydrogens (tertiary/aromatic N) is 4. The fourth-order valence-electron chi connectivity index (χ4n) is 2.55. The normalized spacial score (nSPS) is 14.2. The van der Waals surface area contributed by atoms with Crippen LogP contribution in [0, 0.1) is 0 Å². The van der Waals surface area contributed by atoms with E-state index < -0.39 is 0 Å². The summed E-state index contributed by atoms with van der Waals surface area (Å²) in [6, 6.07) is 1.75. The Balaban J connectivity index is 1.80. The number of anilines is 1. The molecule has 3 rings (SSSR count). The molecule has 0 aromatic carbocycles. The molecular weight excluding hydrogens is 302 g/mol. The average molecular weight is 322 g/mol. The lowest BCUT2D eigenvalue weighted by molar-refractivity contribution is 0.369. The van der Waals surface area contributed by atoms with Gasteiger partial charge < -0.3 is 10.1 Å². The summed E-state index contributed by atoms with van der Waals surface area (Å²) in [5.41, 5.74) is 2.07. The second-order valence-corrected chi connectivity index (χ2v) is 5.86. The van der Waals surface area contributed by atoms with Crippen molar-refractivity contribution in [2.24, 2.45) is 7.05 Å². The molecular formula is C15H20ClN5O. The maximum absolute atomic E-state index is 6.09. The van der Waals surface area contributed by atoms with Crippen LogP contribution in [0.5, 0.6) is 5.88 Å². The first-order valence-electron chi connectivity index (χ1n) is 7.49. The van der Waals surface area contributed by atoms with Gasteiger partial charge in [0, 0.05) is 25.6 Å². The van der Waals surface area contributed by atoms with Gasteiger partial charge in [0.25, 0.3) is 0 Å². The van der Waals surface area contributed by atoms with Gasteiger partial charge >= 0.3 is 0 Å². The largest absolute Gasteiger partial charge is 0.481 e. The van der Waals surface area contributed by atoms with E-state index in [4.69, 9.17) is 16.3 Å². The minimum absolute atomic E-state index is 0.471. The van der Waals surface area contributed by atoms with E-state index in [2.05, 4.69) is 27.3 Å². The van der Waals surface area contributed by atoms with Crippen molar-refractivity contribution in [2.45, 2.75) is 38.6 Å². The van der Waals surface area contributed by atoms with Crippen LogP contribution in [-0.4, -0.2) is 26.9 Å². The fourth-order valence-corrected chi connectivity index (χ4v) is 2.74. The second-order valence-electron chi connectivity index (χ2n) is 5.47. The molecule has 1 saturated carbocycles. The minimum Gasteiger partial charge on any atom is -0.481 e. The summed E-state index contributed by atoms with van der Waals surface area (Å²) >= 11 is 6.09. The van der Waals surface area contributed by atoms with Crippen LogP contribution in [0.4, 0.5) is 5.82 Å². The fraction of sp³-hybridized carbons (Fsp3) is 0.533. The molecule has 0 aliphatic heterocycles. The Morgan fingerprint density at radius 2 is 2.18 bits per heavy atom. The Hall–Kier alpha value is -1.82. The predicted molar refractivity (Wildman–Crippen MR) is 85.5 cm³/mol. The van der Waals surface area contributed by atoms with Crippen molar-refractivity contribution in [3.05, 3.63) is 28.3 Å². The standard InChI is InChI=1S/C15H20ClN5O/c1-4-11-10(15(22-3)21(2)20-11)8-17-13-7-12(16)18-14(19-13)9-5-6-9/h7,9H,4-6,8H2,1-3H3,(H,17,18,19). The molecule has 0 radical (unpaired) electrons. The molecule has 0 amide bonds. The number of halogens is 1. The predicted octanol–water partition coefficient (Wildman–Crippen LogP) is 2.92. The first kappa shape index (κ1) is 15.1. The Kier molecular flexibility index (Phi) is 4.20. The molecule has 0 bridgehead atoms. The van der Waals surface area contributed by atoms with Gasteiger partial charge in [0.05, 0.1) is 18.4 Å². The molecule has 0 spiro atoms. The van der Waals surface area contributed by atoms with Gasteiger partial charge in [-0.2, -0.15) is 5.10 Å². The number of hydrogen-bond donors (Lipinski definition) is 1. The highest BCUT2D eigenvalue weighted by Gasteiger charge is 2.27. The maximum Gasteiger partial charge on any atom is 0.216 e. The SMILES string of the molecule is CCc1nn(C)c(OC)c1CNc1cc(Cl)nc(C2CC2)n1. The van der Waals surface area contributed by atoms with Crippen LogP contribution in [0.2, 0.25) is 5.15 Å². The van der Waals surface area contributed by atoms with E-state index >= 15 is 0 Å². The van der Waals surface area contributed by atoms with E-state index in [1.165, 1.54) is 0 Å². The molecule has 1 aliphatic carbocycles. The number of rotatable bonds is 6. The number of hydrogen-bond acceptors (Lipinski definition) is 5. The molecule has 1 aliphatic rings. The van der Waals surface area contributed by atoms with E-state index in [1.807, 2.05) is 7.05 Å². The summed E-state index contributed by atoms with van der Waals surface area (Å²) in [7, 11) is 3.54. The minimum atomic E-state index is 0.471. The van der Waals surface area contributed by atoms with Crippen molar-refractivity contribution in [1.82, 2.24) is 19.7 Å². The molecule has 1 fully saturated rings. The lowest BCUT2D eigenvalue weighted by Gasteiger charge is -2.09. The number of aromatic nitrogens is 4. The van der Waals surface area contributed by atoms with Gasteiger partial charge in [-0.05, 0) is 19.3 Å². The molecule has 6 nitrogen and oxygen atoms in total. The number of ether oxygens (including phenoxy) is 1. The van der Waals surface area contributed by atoms with Gasteiger partial charge in [-0.1, -0.05) is 18.5 Å². The Labute approximate surface area is 134 Å². The number of aryl methyl sites for hydroxylation is 2. The monoisotopic (exact) mass is 321 g/mol. The summed E-state index contributed by atoms with van der Waals surface area (Å²) < 4.78 is 7.21. The van der Waals surface area contributed by atoms with Gasteiger partial charge in [-0.15, -0.1) is 0 Å². The summed E-state index contributed by atoms with van der Waals surface area (Å²) in [5.74, 6) is 2.82. The quantitative estimate of drug-likeness (QED) is 0.829. The van der Waals surface area contributed by atoms with Gasteiger partial charge in [-0.3, -0.25) is 0 Å². The van der Waals surface area contributed by atoms with Crippen LogP contribution in [0.15, 0.2) is 6.07 Å². The van der Waals surface area contributed by atoms with Crippen LogP contribution >= 0.6 is 11.6 Å². The van der Waals surface area contributed by atoms with Crippen LogP contribution in [0.3, 0.4) is 0 Å². The average Bonchev–Trinajstić information content (AvgIpc) is 3.29. The third-order valence-corrected chi connectivity index (χ3v) is 3.99. The van der Waals surface area contributed by atoms with Crippen LogP contribution < -0.4 is 10.1 Å². The van der Waals surface area contributed by atoms with Crippen molar-refractivity contribution in [3.63, 3.8) is 0 Å². The molecule has 0 saturated heterocycles. The zero-order valence-electron chi connectivity index (χ0n) is 13.1. The zero-order valence-corrected chi connectivity index (χ0v) is 13.8. The molecule has 7 heteroatoms. The van der Waals surface area contributed by atoms with Crippen molar-refractivity contribution in [1.29, 1.82) is 0 Å². The summed E-state index contributed by atoms with van der Waals surface area (Å²) in [6.07, 6.45) is 3.15. The van der Waals surface area contributed by atoms with Gasteiger partial charge in [0.2, 0.25) is 5.88 Å². The van der Waals surface area contributed by atoms with Crippen molar-refractivity contribution in [2.75, 3.05) is 12.4 Å². The smallest absolute Gasteiger partial charge is 0.216 e.